The molecule has 3 nitrogen and oxygen atoms in total. The van der Waals surface area contributed by atoms with Crippen molar-refractivity contribution in [2.75, 3.05) is 0 Å². The summed E-state index contributed by atoms with van der Waals surface area (Å²) < 4.78 is 0. The minimum absolute atomic E-state index is 0.111. The van der Waals surface area contributed by atoms with Crippen LogP contribution in [-0.4, -0.2) is 4.92 Å². The van der Waals surface area contributed by atoms with Crippen LogP contribution in [0.4, 0.5) is 5.69 Å². The van der Waals surface area contributed by atoms with E-state index in [1.807, 2.05) is 30.4 Å². The second-order valence-electron chi connectivity index (χ2n) is 3.98. The molecule has 1 aromatic carbocycles. The Balaban J connectivity index is 2.22. The van der Waals surface area contributed by atoms with Crippen LogP contribution < -0.4 is 0 Å². The highest BCUT2D eigenvalue weighted by Gasteiger charge is 2.05. The Morgan fingerprint density at radius 1 is 1.33 bits per heavy atom. The molecule has 1 aromatic rings. The van der Waals surface area contributed by atoms with Gasteiger partial charge in [0.2, 0.25) is 0 Å². The summed E-state index contributed by atoms with van der Waals surface area (Å²) in [6.07, 6.45) is 10.7. The molecular formula is C15H13NO2. The third kappa shape index (κ3) is 2.63. The average Bonchev–Trinajstić information content (AvgIpc) is 2.84. The van der Waals surface area contributed by atoms with E-state index in [1.165, 1.54) is 11.6 Å². The van der Waals surface area contributed by atoms with E-state index in [4.69, 9.17) is 0 Å². The zero-order valence-corrected chi connectivity index (χ0v) is 9.87. The smallest absolute Gasteiger partial charge is 0.258 e. The van der Waals surface area contributed by atoms with Crippen LogP contribution in [0.2, 0.25) is 0 Å². The van der Waals surface area contributed by atoms with E-state index in [2.05, 4.69) is 12.7 Å². The lowest BCUT2D eigenvalue weighted by molar-refractivity contribution is -0.384. The SMILES string of the molecule is C=CC1=C(/C=C/c2cccc([N+](=O)[O-])c2)CC=C1. The molecule has 0 saturated heterocycles. The quantitative estimate of drug-likeness (QED) is 0.587. The number of rotatable bonds is 4. The van der Waals surface area contributed by atoms with Crippen LogP contribution in [0, 0.1) is 10.1 Å². The predicted molar refractivity (Wildman–Crippen MR) is 73.1 cm³/mol. The lowest BCUT2D eigenvalue weighted by atomic mass is 10.1. The number of nitro benzene ring substituents is 1. The normalized spacial score (nSPS) is 14.4. The summed E-state index contributed by atoms with van der Waals surface area (Å²) in [6.45, 7) is 3.75. The van der Waals surface area contributed by atoms with Gasteiger partial charge in [0.15, 0.2) is 0 Å². The lowest BCUT2D eigenvalue weighted by Crippen LogP contribution is -1.87. The lowest BCUT2D eigenvalue weighted by Gasteiger charge is -1.97. The summed E-state index contributed by atoms with van der Waals surface area (Å²) in [6, 6.07) is 6.59. The molecule has 1 aliphatic carbocycles. The maximum absolute atomic E-state index is 10.7. The molecule has 0 aromatic heterocycles. The zero-order valence-electron chi connectivity index (χ0n) is 9.87. The standard InChI is InChI=1S/C15H13NO2/c1-2-13-6-4-7-14(13)10-9-12-5-3-8-15(11-12)16(17)18/h2-6,8-11H,1,7H2/b10-9+. The monoisotopic (exact) mass is 239 g/mol. The second-order valence-corrected chi connectivity index (χ2v) is 3.98. The van der Waals surface area contributed by atoms with Crippen molar-refractivity contribution in [3.63, 3.8) is 0 Å². The maximum atomic E-state index is 10.7. The van der Waals surface area contributed by atoms with Crippen LogP contribution in [-0.2, 0) is 0 Å². The summed E-state index contributed by atoms with van der Waals surface area (Å²) in [4.78, 5) is 10.3. The molecular weight excluding hydrogens is 226 g/mol. The third-order valence-corrected chi connectivity index (χ3v) is 2.78. The van der Waals surface area contributed by atoms with Gasteiger partial charge in [0, 0.05) is 12.1 Å². The molecule has 90 valence electrons. The molecule has 0 aliphatic heterocycles. The Hall–Kier alpha value is -2.42. The van der Waals surface area contributed by atoms with Crippen molar-refractivity contribution in [3.8, 4) is 0 Å². The first-order chi connectivity index (χ1) is 8.70. The van der Waals surface area contributed by atoms with E-state index < -0.39 is 0 Å². The summed E-state index contributed by atoms with van der Waals surface area (Å²) >= 11 is 0. The van der Waals surface area contributed by atoms with E-state index in [-0.39, 0.29) is 10.6 Å². The van der Waals surface area contributed by atoms with Crippen molar-refractivity contribution in [1.29, 1.82) is 0 Å². The number of nitro groups is 1. The number of benzene rings is 1. The highest BCUT2D eigenvalue weighted by Crippen LogP contribution is 2.22. The van der Waals surface area contributed by atoms with Crippen molar-refractivity contribution >= 4 is 11.8 Å². The van der Waals surface area contributed by atoms with Crippen LogP contribution in [0.1, 0.15) is 12.0 Å². The van der Waals surface area contributed by atoms with Crippen molar-refractivity contribution in [1.82, 2.24) is 0 Å². The Kier molecular flexibility index (Phi) is 3.53. The largest absolute Gasteiger partial charge is 0.270 e. The molecule has 1 aliphatic rings. The van der Waals surface area contributed by atoms with E-state index >= 15 is 0 Å². The molecule has 3 heteroatoms. The summed E-state index contributed by atoms with van der Waals surface area (Å²) in [5, 5.41) is 10.7. The predicted octanol–water partition coefficient (Wildman–Crippen LogP) is 4.05. The molecule has 0 atom stereocenters. The Morgan fingerprint density at radius 2 is 2.17 bits per heavy atom. The first-order valence-corrected chi connectivity index (χ1v) is 5.65. The van der Waals surface area contributed by atoms with Gasteiger partial charge in [0.05, 0.1) is 4.92 Å². The molecule has 0 amide bonds. The van der Waals surface area contributed by atoms with E-state index in [0.29, 0.717) is 0 Å². The van der Waals surface area contributed by atoms with Crippen LogP contribution in [0.3, 0.4) is 0 Å². The van der Waals surface area contributed by atoms with Gasteiger partial charge in [-0.15, -0.1) is 0 Å². The van der Waals surface area contributed by atoms with Gasteiger partial charge in [-0.1, -0.05) is 49.1 Å². The Labute approximate surface area is 106 Å². The maximum Gasteiger partial charge on any atom is 0.270 e. The number of hydrogen-bond acceptors (Lipinski definition) is 2. The van der Waals surface area contributed by atoms with Crippen molar-refractivity contribution in [2.45, 2.75) is 6.42 Å². The van der Waals surface area contributed by atoms with Crippen LogP contribution in [0.15, 0.2) is 66.3 Å². The van der Waals surface area contributed by atoms with Gasteiger partial charge in [0.1, 0.15) is 0 Å². The molecule has 0 heterocycles. The van der Waals surface area contributed by atoms with Crippen molar-refractivity contribution in [3.05, 3.63) is 82.0 Å². The fourth-order valence-electron chi connectivity index (χ4n) is 1.84. The van der Waals surface area contributed by atoms with Gasteiger partial charge < -0.3 is 0 Å². The average molecular weight is 239 g/mol. The zero-order chi connectivity index (χ0) is 13.0. The number of non-ortho nitro benzene ring substituents is 1. The third-order valence-electron chi connectivity index (χ3n) is 2.78. The van der Waals surface area contributed by atoms with Gasteiger partial charge >= 0.3 is 0 Å². The summed E-state index contributed by atoms with van der Waals surface area (Å²) in [5.41, 5.74) is 3.22. The van der Waals surface area contributed by atoms with Gasteiger partial charge in [-0.05, 0) is 23.1 Å². The fourth-order valence-corrected chi connectivity index (χ4v) is 1.84. The minimum Gasteiger partial charge on any atom is -0.258 e. The Morgan fingerprint density at radius 3 is 2.89 bits per heavy atom. The molecule has 0 fully saturated rings. The van der Waals surface area contributed by atoms with E-state index in [0.717, 1.165) is 17.6 Å². The first kappa shape index (κ1) is 12.0. The Bertz CT molecular complexity index is 580. The number of nitrogens with zero attached hydrogens (tertiary/aromatic N) is 1. The van der Waals surface area contributed by atoms with Crippen LogP contribution >= 0.6 is 0 Å². The fraction of sp³-hybridized carbons (Fsp3) is 0.0667. The molecule has 0 unspecified atom stereocenters. The van der Waals surface area contributed by atoms with Gasteiger partial charge in [-0.25, -0.2) is 0 Å². The van der Waals surface area contributed by atoms with Gasteiger partial charge in [-0.2, -0.15) is 0 Å². The van der Waals surface area contributed by atoms with Gasteiger partial charge in [-0.3, -0.25) is 10.1 Å². The first-order valence-electron chi connectivity index (χ1n) is 5.65. The van der Waals surface area contributed by atoms with Crippen molar-refractivity contribution < 1.29 is 4.92 Å². The highest BCUT2D eigenvalue weighted by molar-refractivity contribution is 5.59. The van der Waals surface area contributed by atoms with E-state index in [1.54, 1.807) is 12.1 Å². The molecule has 0 spiro atoms. The van der Waals surface area contributed by atoms with Crippen LogP contribution in [0.25, 0.3) is 6.08 Å². The molecule has 0 N–H and O–H groups in total. The topological polar surface area (TPSA) is 43.1 Å². The summed E-state index contributed by atoms with van der Waals surface area (Å²) in [7, 11) is 0. The van der Waals surface area contributed by atoms with Crippen molar-refractivity contribution in [2.24, 2.45) is 0 Å². The van der Waals surface area contributed by atoms with Gasteiger partial charge in [0.25, 0.3) is 5.69 Å². The molecule has 0 radical (unpaired) electrons. The van der Waals surface area contributed by atoms with E-state index in [9.17, 15) is 10.1 Å². The minimum atomic E-state index is -0.386. The second kappa shape index (κ2) is 5.27. The number of allylic oxidation sites excluding steroid dienone is 6. The molecule has 18 heavy (non-hydrogen) atoms. The summed E-state index contributed by atoms with van der Waals surface area (Å²) in [5.74, 6) is 0. The number of hydrogen-bond donors (Lipinski definition) is 0. The highest BCUT2D eigenvalue weighted by atomic mass is 16.6. The molecule has 0 bridgehead atoms. The van der Waals surface area contributed by atoms with Crippen LogP contribution in [0.5, 0.6) is 0 Å². The molecule has 0 saturated carbocycles. The molecule has 2 rings (SSSR count).